The second-order valence-electron chi connectivity index (χ2n) is 8.51. The highest BCUT2D eigenvalue weighted by molar-refractivity contribution is 5.98. The van der Waals surface area contributed by atoms with Crippen LogP contribution in [0.2, 0.25) is 0 Å². The average molecular weight is 414 g/mol. The van der Waals surface area contributed by atoms with Gasteiger partial charge >= 0.3 is 0 Å². The van der Waals surface area contributed by atoms with Gasteiger partial charge in [-0.05, 0) is 68.5 Å². The number of hydrogen-bond acceptors (Lipinski definition) is 2. The Balaban J connectivity index is 1.33. The first-order chi connectivity index (χ1) is 15.2. The number of rotatable bonds is 7. The number of carbonyl (C=O) groups excluding carboxylic acids is 1. The van der Waals surface area contributed by atoms with Crippen LogP contribution in [0.25, 0.3) is 10.9 Å². The van der Waals surface area contributed by atoms with Crippen LogP contribution >= 0.6 is 0 Å². The minimum Gasteiger partial charge on any atom is -0.351 e. The van der Waals surface area contributed by atoms with Gasteiger partial charge in [0.2, 0.25) is 0 Å². The number of piperidine rings is 1. The maximum absolute atomic E-state index is 13.1. The molecule has 31 heavy (non-hydrogen) atoms. The number of para-hydroxylation sites is 1. The number of aromatic amines is 1. The molecule has 1 amide bonds. The van der Waals surface area contributed by atoms with Crippen molar-refractivity contribution in [3.8, 4) is 12.3 Å². The molecule has 4 heteroatoms. The van der Waals surface area contributed by atoms with Crippen molar-refractivity contribution >= 4 is 16.8 Å². The monoisotopic (exact) mass is 413 g/mol. The van der Waals surface area contributed by atoms with Gasteiger partial charge in [-0.1, -0.05) is 36.3 Å². The van der Waals surface area contributed by atoms with Crippen molar-refractivity contribution in [2.75, 3.05) is 32.7 Å². The molecule has 4 nitrogen and oxygen atoms in total. The molecule has 0 saturated carbocycles. The average Bonchev–Trinajstić information content (AvgIpc) is 3.26. The smallest absolute Gasteiger partial charge is 0.270 e. The van der Waals surface area contributed by atoms with Gasteiger partial charge in [0.1, 0.15) is 5.69 Å². The SMILES string of the molecule is C#Cc1ccc(CCN2CCCC(CN(CC)C(=O)c3cc4ccccc4[nH]3)C2)cc1. The van der Waals surface area contributed by atoms with Gasteiger partial charge in [-0.2, -0.15) is 0 Å². The van der Waals surface area contributed by atoms with Crippen molar-refractivity contribution in [1.82, 2.24) is 14.8 Å². The Kier molecular flexibility index (Phi) is 6.74. The predicted molar refractivity (Wildman–Crippen MR) is 127 cm³/mol. The van der Waals surface area contributed by atoms with Gasteiger partial charge in [0.15, 0.2) is 0 Å². The van der Waals surface area contributed by atoms with Gasteiger partial charge in [0.25, 0.3) is 5.91 Å². The fraction of sp³-hybridized carbons (Fsp3) is 0.370. The lowest BCUT2D eigenvalue weighted by atomic mass is 9.96. The maximum atomic E-state index is 13.1. The molecule has 1 fully saturated rings. The van der Waals surface area contributed by atoms with Crippen LogP contribution in [-0.4, -0.2) is 53.4 Å². The summed E-state index contributed by atoms with van der Waals surface area (Å²) < 4.78 is 0. The Morgan fingerprint density at radius 2 is 2.03 bits per heavy atom. The summed E-state index contributed by atoms with van der Waals surface area (Å²) in [6, 6.07) is 18.3. The Hall–Kier alpha value is -3.03. The van der Waals surface area contributed by atoms with Crippen molar-refractivity contribution in [1.29, 1.82) is 0 Å². The number of terminal acetylenes is 1. The van der Waals surface area contributed by atoms with Crippen molar-refractivity contribution in [2.24, 2.45) is 5.92 Å². The molecule has 0 aliphatic carbocycles. The Morgan fingerprint density at radius 3 is 2.77 bits per heavy atom. The third-order valence-electron chi connectivity index (χ3n) is 6.35. The van der Waals surface area contributed by atoms with Crippen LogP contribution in [0.1, 0.15) is 41.4 Å². The molecule has 160 valence electrons. The molecular formula is C27H31N3O. The largest absolute Gasteiger partial charge is 0.351 e. The summed E-state index contributed by atoms with van der Waals surface area (Å²) in [5.74, 6) is 3.29. The van der Waals surface area contributed by atoms with Gasteiger partial charge < -0.3 is 14.8 Å². The van der Waals surface area contributed by atoms with E-state index >= 15 is 0 Å². The van der Waals surface area contributed by atoms with Crippen LogP contribution in [0.4, 0.5) is 0 Å². The van der Waals surface area contributed by atoms with Gasteiger partial charge in [-0.3, -0.25) is 4.79 Å². The summed E-state index contributed by atoms with van der Waals surface area (Å²) in [4.78, 5) is 21.0. The molecule has 2 heterocycles. The molecule has 0 bridgehead atoms. The lowest BCUT2D eigenvalue weighted by Crippen LogP contribution is -2.43. The number of nitrogens with one attached hydrogen (secondary N) is 1. The molecule has 1 unspecified atom stereocenters. The summed E-state index contributed by atoms with van der Waals surface area (Å²) in [7, 11) is 0. The molecule has 0 radical (unpaired) electrons. The minimum atomic E-state index is 0.101. The molecule has 1 atom stereocenters. The minimum absolute atomic E-state index is 0.101. The summed E-state index contributed by atoms with van der Waals surface area (Å²) in [5.41, 5.74) is 3.96. The summed E-state index contributed by atoms with van der Waals surface area (Å²) >= 11 is 0. The highest BCUT2D eigenvalue weighted by atomic mass is 16.2. The van der Waals surface area contributed by atoms with Gasteiger partial charge in [-0.25, -0.2) is 0 Å². The number of fused-ring (bicyclic) bond motifs is 1. The number of amides is 1. The van der Waals surface area contributed by atoms with Crippen LogP contribution in [0.5, 0.6) is 0 Å². The van der Waals surface area contributed by atoms with Crippen LogP contribution in [-0.2, 0) is 6.42 Å². The third-order valence-corrected chi connectivity index (χ3v) is 6.35. The first-order valence-corrected chi connectivity index (χ1v) is 11.3. The molecule has 1 saturated heterocycles. The van der Waals surface area contributed by atoms with Crippen LogP contribution in [0, 0.1) is 18.3 Å². The van der Waals surface area contributed by atoms with Gasteiger partial charge in [0.05, 0.1) is 0 Å². The Bertz CT molecular complexity index is 1030. The zero-order valence-electron chi connectivity index (χ0n) is 18.3. The molecule has 1 aliphatic rings. The lowest BCUT2D eigenvalue weighted by molar-refractivity contribution is 0.0686. The second-order valence-corrected chi connectivity index (χ2v) is 8.51. The van der Waals surface area contributed by atoms with E-state index < -0.39 is 0 Å². The predicted octanol–water partition coefficient (Wildman–Crippen LogP) is 4.57. The van der Waals surface area contributed by atoms with E-state index in [-0.39, 0.29) is 5.91 Å². The summed E-state index contributed by atoms with van der Waals surface area (Å²) in [6.07, 6.45) is 8.86. The fourth-order valence-corrected chi connectivity index (χ4v) is 4.58. The first kappa shape index (κ1) is 21.2. The van der Waals surface area contributed by atoms with Crippen molar-refractivity contribution in [2.45, 2.75) is 26.2 Å². The number of carbonyl (C=O) groups is 1. The van der Waals surface area contributed by atoms with E-state index in [9.17, 15) is 4.79 Å². The van der Waals surface area contributed by atoms with E-state index in [0.717, 1.165) is 55.6 Å². The molecule has 1 aliphatic heterocycles. The van der Waals surface area contributed by atoms with Gasteiger partial charge in [0, 0.05) is 42.6 Å². The van der Waals surface area contributed by atoms with Crippen molar-refractivity contribution in [3.05, 3.63) is 71.4 Å². The Labute approximate surface area is 185 Å². The molecule has 3 aromatic rings. The van der Waals surface area contributed by atoms with Crippen LogP contribution < -0.4 is 0 Å². The van der Waals surface area contributed by atoms with E-state index in [1.165, 1.54) is 18.4 Å². The number of aromatic nitrogens is 1. The highest BCUT2D eigenvalue weighted by Crippen LogP contribution is 2.21. The van der Waals surface area contributed by atoms with Gasteiger partial charge in [-0.15, -0.1) is 6.42 Å². The zero-order valence-corrected chi connectivity index (χ0v) is 18.3. The topological polar surface area (TPSA) is 39.3 Å². The lowest BCUT2D eigenvalue weighted by Gasteiger charge is -2.35. The number of nitrogens with zero attached hydrogens (tertiary/aromatic N) is 2. The van der Waals surface area contributed by atoms with E-state index in [0.29, 0.717) is 11.6 Å². The Morgan fingerprint density at radius 1 is 1.23 bits per heavy atom. The molecule has 0 spiro atoms. The van der Waals surface area contributed by atoms with Crippen molar-refractivity contribution in [3.63, 3.8) is 0 Å². The fourth-order valence-electron chi connectivity index (χ4n) is 4.58. The van der Waals surface area contributed by atoms with Crippen LogP contribution in [0.15, 0.2) is 54.6 Å². The standard InChI is InChI=1S/C27H31N3O/c1-3-21-11-13-22(14-12-21)15-17-29-16-7-8-23(19-29)20-30(4-2)27(31)26-18-24-9-5-6-10-25(24)28-26/h1,5-6,9-14,18,23,28H,4,7-8,15-17,19-20H2,2H3. The first-order valence-electron chi connectivity index (χ1n) is 11.3. The summed E-state index contributed by atoms with van der Waals surface area (Å²) in [6.45, 7) is 6.86. The number of likely N-dealkylation sites (tertiary alicyclic amines) is 1. The molecule has 1 aromatic heterocycles. The number of H-pyrrole nitrogens is 1. The van der Waals surface area contributed by atoms with E-state index in [2.05, 4.69) is 34.9 Å². The second kappa shape index (κ2) is 9.85. The maximum Gasteiger partial charge on any atom is 0.270 e. The number of hydrogen-bond donors (Lipinski definition) is 1. The number of benzene rings is 2. The molecule has 2 aromatic carbocycles. The molecular weight excluding hydrogens is 382 g/mol. The van der Waals surface area contributed by atoms with Crippen LogP contribution in [0.3, 0.4) is 0 Å². The summed E-state index contributed by atoms with van der Waals surface area (Å²) in [5, 5.41) is 1.08. The van der Waals surface area contributed by atoms with E-state index in [1.807, 2.05) is 47.4 Å². The molecule has 1 N–H and O–H groups in total. The normalized spacial score (nSPS) is 16.8. The van der Waals surface area contributed by atoms with E-state index in [4.69, 9.17) is 6.42 Å². The van der Waals surface area contributed by atoms with Crippen molar-refractivity contribution < 1.29 is 4.79 Å². The quantitative estimate of drug-likeness (QED) is 0.577. The zero-order chi connectivity index (χ0) is 21.6. The third kappa shape index (κ3) is 5.18. The molecule has 4 rings (SSSR count). The van der Waals surface area contributed by atoms with E-state index in [1.54, 1.807) is 0 Å². The highest BCUT2D eigenvalue weighted by Gasteiger charge is 2.24.